The summed E-state index contributed by atoms with van der Waals surface area (Å²) in [5, 5.41) is -0.943. The zero-order chi connectivity index (χ0) is 13.9. The van der Waals surface area contributed by atoms with Gasteiger partial charge in [0.25, 0.3) is 0 Å². The predicted octanol–water partition coefficient (Wildman–Crippen LogP) is 4.91. The van der Waals surface area contributed by atoms with Crippen LogP contribution in [0.2, 0.25) is 0 Å². The van der Waals surface area contributed by atoms with Gasteiger partial charge in [0.15, 0.2) is 5.78 Å². The number of hydrogen-bond acceptors (Lipinski definition) is 2. The first-order valence-electron chi connectivity index (χ1n) is 4.83. The van der Waals surface area contributed by atoms with Crippen LogP contribution in [-0.2, 0) is 10.7 Å². The fraction of sp³-hybridized carbons (Fsp3) is 0.364. The molecule has 0 aliphatic heterocycles. The maximum absolute atomic E-state index is 12.4. The molecule has 0 aliphatic carbocycles. The number of alkyl halides is 5. The first-order chi connectivity index (χ1) is 8.24. The summed E-state index contributed by atoms with van der Waals surface area (Å²) in [5.41, 5.74) is -3.71. The number of ketones is 1. The van der Waals surface area contributed by atoms with Crippen molar-refractivity contribution in [2.45, 2.75) is 28.6 Å². The van der Waals surface area contributed by atoms with Crippen LogP contribution >= 0.6 is 35.0 Å². The number of rotatable bonds is 4. The second kappa shape index (κ2) is 6.17. The summed E-state index contributed by atoms with van der Waals surface area (Å²) in [6.45, 7) is 1.28. The van der Waals surface area contributed by atoms with Gasteiger partial charge < -0.3 is 0 Å². The molecule has 0 N–H and O–H groups in total. The molecule has 0 radical (unpaired) electrons. The zero-order valence-electron chi connectivity index (χ0n) is 9.22. The molecule has 0 heterocycles. The molecule has 0 amide bonds. The Kier molecular flexibility index (Phi) is 5.37. The molecule has 0 saturated heterocycles. The maximum Gasteiger partial charge on any atom is 0.446 e. The molecule has 1 aromatic rings. The molecule has 1 aromatic carbocycles. The Bertz CT molecular complexity index is 448. The Morgan fingerprint density at radius 2 is 2.06 bits per heavy atom. The van der Waals surface area contributed by atoms with Gasteiger partial charge in [-0.15, -0.1) is 23.2 Å². The molecule has 1 rings (SSSR count). The lowest BCUT2D eigenvalue weighted by atomic mass is 10.1. The predicted molar refractivity (Wildman–Crippen MR) is 67.2 cm³/mol. The number of carbonyl (C=O) groups excluding carboxylic acids is 1. The standard InChI is InChI=1S/C11H9Cl2F3OS/c1-6(17)10(13)7-2-3-8(5-12)9(4-7)18-11(14,15)16/h2-4,10H,5H2,1H3. The highest BCUT2D eigenvalue weighted by molar-refractivity contribution is 8.00. The fourth-order valence-corrected chi connectivity index (χ4v) is 2.46. The van der Waals surface area contributed by atoms with Crippen LogP contribution in [0.3, 0.4) is 0 Å². The largest absolute Gasteiger partial charge is 0.446 e. The Hall–Kier alpha value is -0.390. The first kappa shape index (κ1) is 15.7. The molecule has 18 heavy (non-hydrogen) atoms. The SMILES string of the molecule is CC(=O)C(Cl)c1ccc(CCl)c(SC(F)(F)F)c1. The van der Waals surface area contributed by atoms with Gasteiger partial charge in [-0.3, -0.25) is 4.79 Å². The van der Waals surface area contributed by atoms with E-state index in [0.717, 1.165) is 0 Å². The molecule has 0 fully saturated rings. The van der Waals surface area contributed by atoms with Crippen LogP contribution in [0.25, 0.3) is 0 Å². The van der Waals surface area contributed by atoms with E-state index in [9.17, 15) is 18.0 Å². The van der Waals surface area contributed by atoms with E-state index in [0.29, 0.717) is 11.1 Å². The normalized spacial score (nSPS) is 13.4. The van der Waals surface area contributed by atoms with Crippen molar-refractivity contribution in [2.24, 2.45) is 0 Å². The van der Waals surface area contributed by atoms with Crippen LogP contribution in [-0.4, -0.2) is 11.3 Å². The van der Waals surface area contributed by atoms with Crippen molar-refractivity contribution in [2.75, 3.05) is 0 Å². The molecule has 1 nitrogen and oxygen atoms in total. The second-order valence-electron chi connectivity index (χ2n) is 3.52. The fourth-order valence-electron chi connectivity index (χ4n) is 1.29. The lowest BCUT2D eigenvalue weighted by Gasteiger charge is -2.13. The maximum atomic E-state index is 12.4. The summed E-state index contributed by atoms with van der Waals surface area (Å²) >= 11 is 11.1. The van der Waals surface area contributed by atoms with Crippen molar-refractivity contribution in [1.29, 1.82) is 0 Å². The number of carbonyl (C=O) groups is 1. The summed E-state index contributed by atoms with van der Waals surface area (Å²) in [6.07, 6.45) is 0. The van der Waals surface area contributed by atoms with Crippen molar-refractivity contribution >= 4 is 40.7 Å². The van der Waals surface area contributed by atoms with E-state index < -0.39 is 10.9 Å². The van der Waals surface area contributed by atoms with Gasteiger partial charge in [-0.05, 0) is 35.9 Å². The van der Waals surface area contributed by atoms with Gasteiger partial charge in [-0.1, -0.05) is 12.1 Å². The number of Topliss-reactive ketones (excluding diaryl/α,β-unsaturated/α-hetero) is 1. The van der Waals surface area contributed by atoms with E-state index in [1.807, 2.05) is 0 Å². The average molecular weight is 317 g/mol. The van der Waals surface area contributed by atoms with E-state index in [1.165, 1.54) is 25.1 Å². The molecule has 0 aromatic heterocycles. The third-order valence-corrected chi connectivity index (χ3v) is 3.79. The lowest BCUT2D eigenvalue weighted by molar-refractivity contribution is -0.116. The average Bonchev–Trinajstić information content (AvgIpc) is 2.25. The lowest BCUT2D eigenvalue weighted by Crippen LogP contribution is -2.04. The summed E-state index contributed by atoms with van der Waals surface area (Å²) in [7, 11) is 0. The minimum absolute atomic E-state index is 0.0260. The van der Waals surface area contributed by atoms with E-state index in [2.05, 4.69) is 0 Å². The highest BCUT2D eigenvalue weighted by atomic mass is 35.5. The van der Waals surface area contributed by atoms with Crippen LogP contribution in [0.15, 0.2) is 23.1 Å². The molecule has 0 spiro atoms. The van der Waals surface area contributed by atoms with Gasteiger partial charge in [-0.25, -0.2) is 0 Å². The summed E-state index contributed by atoms with van der Waals surface area (Å²) in [4.78, 5) is 11.1. The highest BCUT2D eigenvalue weighted by Gasteiger charge is 2.30. The van der Waals surface area contributed by atoms with Gasteiger partial charge in [0.05, 0.1) is 0 Å². The van der Waals surface area contributed by atoms with Gasteiger partial charge in [-0.2, -0.15) is 13.2 Å². The smallest absolute Gasteiger partial charge is 0.298 e. The quantitative estimate of drug-likeness (QED) is 0.580. The van der Waals surface area contributed by atoms with Crippen molar-refractivity contribution in [3.05, 3.63) is 29.3 Å². The highest BCUT2D eigenvalue weighted by Crippen LogP contribution is 2.40. The monoisotopic (exact) mass is 316 g/mol. The summed E-state index contributed by atoms with van der Waals surface area (Å²) in [5.74, 6) is -0.357. The third-order valence-electron chi connectivity index (χ3n) is 2.11. The number of thioether (sulfide) groups is 1. The number of hydrogen-bond donors (Lipinski definition) is 0. The first-order valence-corrected chi connectivity index (χ1v) is 6.62. The molecule has 1 unspecified atom stereocenters. The Morgan fingerprint density at radius 1 is 1.44 bits per heavy atom. The van der Waals surface area contributed by atoms with E-state index in [1.54, 1.807) is 0 Å². The van der Waals surface area contributed by atoms with Crippen molar-refractivity contribution < 1.29 is 18.0 Å². The molecular formula is C11H9Cl2F3OS. The Labute approximate surface area is 117 Å². The Morgan fingerprint density at radius 3 is 2.50 bits per heavy atom. The topological polar surface area (TPSA) is 17.1 Å². The molecule has 7 heteroatoms. The van der Waals surface area contributed by atoms with E-state index in [-0.39, 0.29) is 28.3 Å². The Balaban J connectivity index is 3.13. The van der Waals surface area contributed by atoms with Gasteiger partial charge in [0.1, 0.15) is 5.38 Å². The zero-order valence-corrected chi connectivity index (χ0v) is 11.6. The van der Waals surface area contributed by atoms with Crippen molar-refractivity contribution in [1.82, 2.24) is 0 Å². The van der Waals surface area contributed by atoms with Gasteiger partial charge in [0.2, 0.25) is 0 Å². The van der Waals surface area contributed by atoms with E-state index >= 15 is 0 Å². The third kappa shape index (κ3) is 4.37. The number of halogens is 5. The minimum Gasteiger partial charge on any atom is -0.298 e. The number of benzene rings is 1. The van der Waals surface area contributed by atoms with Crippen LogP contribution in [0, 0.1) is 0 Å². The molecule has 1 atom stereocenters. The molecular weight excluding hydrogens is 308 g/mol. The summed E-state index contributed by atoms with van der Waals surface area (Å²) in [6, 6.07) is 4.22. The van der Waals surface area contributed by atoms with Gasteiger partial charge >= 0.3 is 5.51 Å². The summed E-state index contributed by atoms with van der Waals surface area (Å²) < 4.78 is 37.1. The molecule has 0 saturated carbocycles. The van der Waals surface area contributed by atoms with Crippen LogP contribution in [0.4, 0.5) is 13.2 Å². The molecule has 0 aliphatic rings. The van der Waals surface area contributed by atoms with Crippen molar-refractivity contribution in [3.63, 3.8) is 0 Å². The van der Waals surface area contributed by atoms with Gasteiger partial charge in [0, 0.05) is 10.8 Å². The van der Waals surface area contributed by atoms with Crippen LogP contribution in [0.1, 0.15) is 23.4 Å². The molecule has 100 valence electrons. The second-order valence-corrected chi connectivity index (χ2v) is 5.33. The van der Waals surface area contributed by atoms with Crippen LogP contribution in [0.5, 0.6) is 0 Å². The minimum atomic E-state index is -4.41. The van der Waals surface area contributed by atoms with E-state index in [4.69, 9.17) is 23.2 Å². The van der Waals surface area contributed by atoms with Crippen LogP contribution < -0.4 is 0 Å². The van der Waals surface area contributed by atoms with Crippen molar-refractivity contribution in [3.8, 4) is 0 Å². The molecule has 0 bridgehead atoms.